The van der Waals surface area contributed by atoms with Crippen molar-refractivity contribution in [3.63, 3.8) is 0 Å². The fourth-order valence-electron chi connectivity index (χ4n) is 3.15. The smallest absolute Gasteiger partial charge is 0.0607 e. The zero-order valence-electron chi connectivity index (χ0n) is 14.1. The van der Waals surface area contributed by atoms with Gasteiger partial charge in [0.15, 0.2) is 0 Å². The Labute approximate surface area is 130 Å². The molecule has 3 heteroatoms. The van der Waals surface area contributed by atoms with Gasteiger partial charge in [-0.2, -0.15) is 0 Å². The van der Waals surface area contributed by atoms with Gasteiger partial charge in [0, 0.05) is 32.7 Å². The summed E-state index contributed by atoms with van der Waals surface area (Å²) in [5, 5.41) is 3.65. The van der Waals surface area contributed by atoms with Crippen LogP contribution in [0.3, 0.4) is 0 Å². The Morgan fingerprint density at radius 3 is 2.48 bits per heavy atom. The van der Waals surface area contributed by atoms with Crippen molar-refractivity contribution in [1.29, 1.82) is 0 Å². The number of nitrogens with one attached hydrogen (secondary N) is 1. The molecule has 1 aromatic rings. The zero-order chi connectivity index (χ0) is 15.2. The monoisotopic (exact) mass is 289 g/mol. The van der Waals surface area contributed by atoms with Gasteiger partial charge < -0.3 is 15.1 Å². The summed E-state index contributed by atoms with van der Waals surface area (Å²) in [6.07, 6.45) is 2.49. The minimum absolute atomic E-state index is 0.601. The average molecular weight is 289 g/mol. The van der Waals surface area contributed by atoms with Crippen molar-refractivity contribution in [2.24, 2.45) is 5.92 Å². The summed E-state index contributed by atoms with van der Waals surface area (Å²) in [6.45, 7) is 11.3. The van der Waals surface area contributed by atoms with Crippen LogP contribution in [0.15, 0.2) is 24.3 Å². The number of likely N-dealkylation sites (N-methyl/N-ethyl adjacent to an activating group) is 1. The third-order valence-corrected chi connectivity index (χ3v) is 4.27. The van der Waals surface area contributed by atoms with Gasteiger partial charge in [-0.15, -0.1) is 0 Å². The highest BCUT2D eigenvalue weighted by Crippen LogP contribution is 2.33. The van der Waals surface area contributed by atoms with E-state index in [2.05, 4.69) is 67.2 Å². The maximum atomic E-state index is 3.65. The summed E-state index contributed by atoms with van der Waals surface area (Å²) in [5.74, 6) is 0.715. The minimum Gasteiger partial charge on any atom is -0.371 e. The van der Waals surface area contributed by atoms with Crippen molar-refractivity contribution in [2.75, 3.05) is 43.0 Å². The van der Waals surface area contributed by atoms with E-state index in [4.69, 9.17) is 0 Å². The summed E-state index contributed by atoms with van der Waals surface area (Å²) in [4.78, 5) is 4.99. The minimum atomic E-state index is 0.601. The number of nitrogens with zero attached hydrogens (tertiary/aromatic N) is 2. The molecule has 0 spiro atoms. The Morgan fingerprint density at radius 1 is 1.10 bits per heavy atom. The summed E-state index contributed by atoms with van der Waals surface area (Å²) in [5.41, 5.74) is 2.77. The molecule has 21 heavy (non-hydrogen) atoms. The summed E-state index contributed by atoms with van der Waals surface area (Å²) in [7, 11) is 2.20. The Bertz CT molecular complexity index is 430. The number of fused-ring (bicyclic) bond motifs is 1. The average Bonchev–Trinajstić information content (AvgIpc) is 2.47. The maximum absolute atomic E-state index is 3.65. The van der Waals surface area contributed by atoms with Gasteiger partial charge in [-0.1, -0.05) is 39.3 Å². The molecule has 0 aromatic heterocycles. The quantitative estimate of drug-likeness (QED) is 0.830. The number of hydrogen-bond donors (Lipinski definition) is 1. The molecule has 0 saturated heterocycles. The molecule has 1 unspecified atom stereocenters. The summed E-state index contributed by atoms with van der Waals surface area (Å²) < 4.78 is 0. The van der Waals surface area contributed by atoms with Crippen LogP contribution in [0.25, 0.3) is 0 Å². The molecule has 0 fully saturated rings. The lowest BCUT2D eigenvalue weighted by Crippen LogP contribution is -2.49. The van der Waals surface area contributed by atoms with E-state index in [0.717, 1.165) is 26.2 Å². The summed E-state index contributed by atoms with van der Waals surface area (Å²) >= 11 is 0. The lowest BCUT2D eigenvalue weighted by molar-refractivity contribution is 0.467. The van der Waals surface area contributed by atoms with Crippen molar-refractivity contribution in [1.82, 2.24) is 5.32 Å². The van der Waals surface area contributed by atoms with E-state index < -0.39 is 0 Å². The zero-order valence-corrected chi connectivity index (χ0v) is 14.1. The van der Waals surface area contributed by atoms with Crippen molar-refractivity contribution >= 4 is 11.4 Å². The lowest BCUT2D eigenvalue weighted by Gasteiger charge is -2.42. The number of benzene rings is 1. The second-order valence-corrected chi connectivity index (χ2v) is 6.60. The van der Waals surface area contributed by atoms with Crippen LogP contribution in [-0.2, 0) is 0 Å². The molecule has 3 nitrogen and oxygen atoms in total. The SMILES string of the molecule is CCCC(CNCC(C)C)N1CCN(C)c2ccccc21. The van der Waals surface area contributed by atoms with Crippen molar-refractivity contribution in [2.45, 2.75) is 39.7 Å². The number of hydrogen-bond acceptors (Lipinski definition) is 3. The third-order valence-electron chi connectivity index (χ3n) is 4.27. The number of para-hydroxylation sites is 2. The first-order valence-corrected chi connectivity index (χ1v) is 8.41. The van der Waals surface area contributed by atoms with E-state index >= 15 is 0 Å². The fraction of sp³-hybridized carbons (Fsp3) is 0.667. The molecule has 0 aliphatic carbocycles. The highest BCUT2D eigenvalue weighted by atomic mass is 15.3. The molecular formula is C18H31N3. The first-order chi connectivity index (χ1) is 10.1. The van der Waals surface area contributed by atoms with Crippen LogP contribution < -0.4 is 15.1 Å². The molecule has 2 rings (SSSR count). The van der Waals surface area contributed by atoms with Crippen LogP contribution in [0, 0.1) is 5.92 Å². The third kappa shape index (κ3) is 4.13. The standard InChI is InChI=1S/C18H31N3/c1-5-8-16(14-19-13-15(2)3)21-12-11-20(4)17-9-6-7-10-18(17)21/h6-7,9-10,15-16,19H,5,8,11-14H2,1-4H3. The molecule has 1 N–H and O–H groups in total. The molecule has 0 amide bonds. The van der Waals surface area contributed by atoms with Crippen LogP contribution in [-0.4, -0.2) is 39.3 Å². The molecule has 118 valence electrons. The van der Waals surface area contributed by atoms with Gasteiger partial charge in [-0.25, -0.2) is 0 Å². The largest absolute Gasteiger partial charge is 0.371 e. The second kappa shape index (κ2) is 7.69. The molecule has 1 aromatic carbocycles. The normalized spacial score (nSPS) is 16.2. The number of anilines is 2. The predicted molar refractivity (Wildman–Crippen MR) is 93.5 cm³/mol. The van der Waals surface area contributed by atoms with Gasteiger partial charge in [-0.3, -0.25) is 0 Å². The number of rotatable bonds is 7. The highest BCUT2D eigenvalue weighted by molar-refractivity contribution is 5.73. The van der Waals surface area contributed by atoms with Crippen molar-refractivity contribution < 1.29 is 0 Å². The first-order valence-electron chi connectivity index (χ1n) is 8.41. The lowest BCUT2D eigenvalue weighted by atomic mass is 10.1. The van der Waals surface area contributed by atoms with Crippen LogP contribution in [0.1, 0.15) is 33.6 Å². The van der Waals surface area contributed by atoms with Crippen molar-refractivity contribution in [3.8, 4) is 0 Å². The van der Waals surface area contributed by atoms with E-state index in [1.54, 1.807) is 0 Å². The summed E-state index contributed by atoms with van der Waals surface area (Å²) in [6, 6.07) is 9.42. The molecule has 1 heterocycles. The Morgan fingerprint density at radius 2 is 1.81 bits per heavy atom. The van der Waals surface area contributed by atoms with E-state index in [1.165, 1.54) is 24.2 Å². The Kier molecular flexibility index (Phi) is 5.92. The molecule has 0 saturated carbocycles. The second-order valence-electron chi connectivity index (χ2n) is 6.60. The molecular weight excluding hydrogens is 258 g/mol. The van der Waals surface area contributed by atoms with Crippen molar-refractivity contribution in [3.05, 3.63) is 24.3 Å². The van der Waals surface area contributed by atoms with E-state index in [-0.39, 0.29) is 0 Å². The molecule has 1 aliphatic heterocycles. The van der Waals surface area contributed by atoms with E-state index in [0.29, 0.717) is 12.0 Å². The maximum Gasteiger partial charge on any atom is 0.0607 e. The van der Waals surface area contributed by atoms with Crippen LogP contribution in [0.5, 0.6) is 0 Å². The van der Waals surface area contributed by atoms with Crippen LogP contribution in [0.2, 0.25) is 0 Å². The fourth-order valence-corrected chi connectivity index (χ4v) is 3.15. The van der Waals surface area contributed by atoms with E-state index in [9.17, 15) is 0 Å². The van der Waals surface area contributed by atoms with Gasteiger partial charge in [0.25, 0.3) is 0 Å². The molecule has 0 radical (unpaired) electrons. The first kappa shape index (κ1) is 16.2. The van der Waals surface area contributed by atoms with Gasteiger partial charge in [0.05, 0.1) is 11.4 Å². The Balaban J connectivity index is 2.11. The van der Waals surface area contributed by atoms with Crippen LogP contribution in [0.4, 0.5) is 11.4 Å². The molecule has 1 atom stereocenters. The predicted octanol–water partition coefficient (Wildman–Crippen LogP) is 3.36. The topological polar surface area (TPSA) is 18.5 Å². The van der Waals surface area contributed by atoms with E-state index in [1.807, 2.05) is 0 Å². The molecule has 1 aliphatic rings. The Hall–Kier alpha value is -1.22. The highest BCUT2D eigenvalue weighted by Gasteiger charge is 2.25. The van der Waals surface area contributed by atoms with Gasteiger partial charge in [0.1, 0.15) is 0 Å². The van der Waals surface area contributed by atoms with Gasteiger partial charge in [-0.05, 0) is 31.0 Å². The van der Waals surface area contributed by atoms with Gasteiger partial charge in [0.2, 0.25) is 0 Å². The van der Waals surface area contributed by atoms with Gasteiger partial charge >= 0.3 is 0 Å². The molecule has 0 bridgehead atoms. The van der Waals surface area contributed by atoms with Crippen LogP contribution >= 0.6 is 0 Å².